The molecular weight excluding hydrogens is 206 g/mol. The predicted molar refractivity (Wildman–Crippen MR) is 72.6 cm³/mol. The van der Waals surface area contributed by atoms with Crippen molar-refractivity contribution in [3.63, 3.8) is 0 Å². The van der Waals surface area contributed by atoms with Crippen molar-refractivity contribution in [2.45, 2.75) is 65.8 Å². The van der Waals surface area contributed by atoms with E-state index in [1.807, 2.05) is 0 Å². The van der Waals surface area contributed by atoms with Crippen LogP contribution < -0.4 is 5.73 Å². The van der Waals surface area contributed by atoms with Crippen molar-refractivity contribution in [3.8, 4) is 0 Å². The first-order valence-electron chi connectivity index (χ1n) is 7.58. The monoisotopic (exact) mass is 235 g/mol. The Labute approximate surface area is 107 Å². The van der Waals surface area contributed by atoms with Crippen molar-refractivity contribution in [1.82, 2.24) is 0 Å². The van der Waals surface area contributed by atoms with Crippen LogP contribution in [0.15, 0.2) is 0 Å². The van der Waals surface area contributed by atoms with Gasteiger partial charge >= 0.3 is 0 Å². The smallest absolute Gasteiger partial charge is 0.00440 e. The zero-order valence-corrected chi connectivity index (χ0v) is 12.0. The van der Waals surface area contributed by atoms with E-state index < -0.39 is 0 Å². The first-order valence-corrected chi connectivity index (χ1v) is 7.58. The summed E-state index contributed by atoms with van der Waals surface area (Å²) >= 11 is 0. The average Bonchev–Trinajstić information content (AvgIpc) is 2.12. The molecule has 1 nitrogen and oxygen atoms in total. The van der Waals surface area contributed by atoms with Crippen LogP contribution in [-0.2, 0) is 0 Å². The van der Waals surface area contributed by atoms with Crippen molar-refractivity contribution >= 4 is 0 Å². The maximum absolute atomic E-state index is 6.27. The average molecular weight is 235 g/mol. The summed E-state index contributed by atoms with van der Waals surface area (Å²) < 4.78 is 0. The van der Waals surface area contributed by atoms with Crippen molar-refractivity contribution in [3.05, 3.63) is 0 Å². The molecule has 0 amide bonds. The second-order valence-corrected chi connectivity index (χ2v) is 8.44. The summed E-state index contributed by atoms with van der Waals surface area (Å²) in [6.45, 7) is 9.67. The van der Waals surface area contributed by atoms with E-state index in [1.54, 1.807) is 0 Å². The molecular formula is C16H29N. The molecule has 98 valence electrons. The van der Waals surface area contributed by atoms with Gasteiger partial charge in [-0.25, -0.2) is 0 Å². The van der Waals surface area contributed by atoms with E-state index in [-0.39, 0.29) is 0 Å². The zero-order chi connectivity index (χ0) is 12.4. The molecule has 4 rings (SSSR count). The van der Waals surface area contributed by atoms with Gasteiger partial charge in [-0.2, -0.15) is 0 Å². The van der Waals surface area contributed by atoms with Crippen LogP contribution in [0, 0.1) is 34.5 Å². The van der Waals surface area contributed by atoms with E-state index in [1.165, 1.54) is 32.1 Å². The maximum atomic E-state index is 6.27. The maximum Gasteiger partial charge on any atom is 0.00440 e. The van der Waals surface area contributed by atoms with Gasteiger partial charge in [-0.15, -0.1) is 0 Å². The minimum absolute atomic E-state index is 0.419. The molecule has 3 unspecified atom stereocenters. The third kappa shape index (κ3) is 1.61. The van der Waals surface area contributed by atoms with Gasteiger partial charge in [0, 0.05) is 6.04 Å². The molecule has 2 N–H and O–H groups in total. The van der Waals surface area contributed by atoms with Gasteiger partial charge < -0.3 is 5.73 Å². The Morgan fingerprint density at radius 1 is 1.06 bits per heavy atom. The van der Waals surface area contributed by atoms with Crippen LogP contribution in [0.1, 0.15) is 59.8 Å². The molecule has 1 heteroatoms. The Morgan fingerprint density at radius 3 is 2.00 bits per heavy atom. The van der Waals surface area contributed by atoms with Gasteiger partial charge in [0.1, 0.15) is 0 Å². The highest BCUT2D eigenvalue weighted by Gasteiger charge is 2.59. The summed E-state index contributed by atoms with van der Waals surface area (Å²) in [6, 6.07) is 0.419. The lowest BCUT2D eigenvalue weighted by molar-refractivity contribution is -0.147. The van der Waals surface area contributed by atoms with Crippen LogP contribution in [0.4, 0.5) is 0 Å². The van der Waals surface area contributed by atoms with Gasteiger partial charge in [0.15, 0.2) is 0 Å². The Bertz CT molecular complexity index is 296. The van der Waals surface area contributed by atoms with Crippen LogP contribution in [0.5, 0.6) is 0 Å². The quantitative estimate of drug-likeness (QED) is 0.734. The van der Waals surface area contributed by atoms with Crippen molar-refractivity contribution in [2.75, 3.05) is 0 Å². The number of hydrogen-bond acceptors (Lipinski definition) is 1. The second-order valence-electron chi connectivity index (χ2n) is 8.44. The summed E-state index contributed by atoms with van der Waals surface area (Å²) in [4.78, 5) is 0. The fourth-order valence-corrected chi connectivity index (χ4v) is 5.84. The van der Waals surface area contributed by atoms with Gasteiger partial charge in [-0.05, 0) is 73.5 Å². The molecule has 0 radical (unpaired) electrons. The molecule has 0 aliphatic heterocycles. The Kier molecular flexibility index (Phi) is 2.47. The molecule has 4 aliphatic carbocycles. The highest BCUT2D eigenvalue weighted by Crippen LogP contribution is 2.67. The summed E-state index contributed by atoms with van der Waals surface area (Å²) in [5, 5.41) is 0. The Morgan fingerprint density at radius 2 is 1.59 bits per heavy atom. The molecule has 0 spiro atoms. The molecule has 0 aromatic heterocycles. The van der Waals surface area contributed by atoms with Crippen LogP contribution >= 0.6 is 0 Å². The third-order valence-corrected chi connectivity index (χ3v) is 6.54. The third-order valence-electron chi connectivity index (χ3n) is 6.54. The molecule has 4 bridgehead atoms. The van der Waals surface area contributed by atoms with Crippen molar-refractivity contribution < 1.29 is 0 Å². The van der Waals surface area contributed by atoms with Crippen molar-refractivity contribution in [2.24, 2.45) is 40.2 Å². The molecule has 17 heavy (non-hydrogen) atoms. The molecule has 4 saturated carbocycles. The number of rotatable bonds is 1. The fraction of sp³-hybridized carbons (Fsp3) is 1.00. The second kappa shape index (κ2) is 3.50. The van der Waals surface area contributed by atoms with E-state index >= 15 is 0 Å². The highest BCUT2D eigenvalue weighted by molar-refractivity contribution is 5.09. The summed E-state index contributed by atoms with van der Waals surface area (Å²) in [6.07, 6.45) is 7.42. The molecule has 4 fully saturated rings. The van der Waals surface area contributed by atoms with Gasteiger partial charge in [0.25, 0.3) is 0 Å². The summed E-state index contributed by atoms with van der Waals surface area (Å²) in [5.74, 6) is 3.75. The van der Waals surface area contributed by atoms with Crippen molar-refractivity contribution in [1.29, 1.82) is 0 Å². The normalized spacial score (nSPS) is 50.6. The minimum Gasteiger partial charge on any atom is -0.328 e. The highest BCUT2D eigenvalue weighted by atomic mass is 14.7. The Balaban J connectivity index is 1.92. The molecule has 4 aliphatic rings. The zero-order valence-electron chi connectivity index (χ0n) is 12.0. The van der Waals surface area contributed by atoms with E-state index in [4.69, 9.17) is 5.73 Å². The van der Waals surface area contributed by atoms with Crippen LogP contribution in [0.2, 0.25) is 0 Å². The summed E-state index contributed by atoms with van der Waals surface area (Å²) in [5.41, 5.74) is 7.41. The first-order chi connectivity index (χ1) is 7.82. The largest absolute Gasteiger partial charge is 0.328 e. The summed E-state index contributed by atoms with van der Waals surface area (Å²) in [7, 11) is 0. The van der Waals surface area contributed by atoms with Gasteiger partial charge in [0.05, 0.1) is 0 Å². The van der Waals surface area contributed by atoms with Gasteiger partial charge in [-0.1, -0.05) is 20.8 Å². The first kappa shape index (κ1) is 12.0. The Hall–Kier alpha value is -0.0400. The minimum atomic E-state index is 0.419. The lowest BCUT2D eigenvalue weighted by atomic mass is 9.40. The van der Waals surface area contributed by atoms with E-state index in [2.05, 4.69) is 27.7 Å². The van der Waals surface area contributed by atoms with Crippen LogP contribution in [-0.4, -0.2) is 6.04 Å². The van der Waals surface area contributed by atoms with Gasteiger partial charge in [-0.3, -0.25) is 0 Å². The fourth-order valence-electron chi connectivity index (χ4n) is 5.84. The topological polar surface area (TPSA) is 26.0 Å². The standard InChI is InChI=1S/C16H29N/c1-10(17)14-12-5-11-6-13(14)9-16(7-11,8-12)15(2,3)4/h10-14H,5-9,17H2,1-4H3. The van der Waals surface area contributed by atoms with E-state index in [0.29, 0.717) is 16.9 Å². The molecule has 0 saturated heterocycles. The van der Waals surface area contributed by atoms with E-state index in [9.17, 15) is 0 Å². The molecule has 0 aromatic rings. The van der Waals surface area contributed by atoms with E-state index in [0.717, 1.165) is 23.7 Å². The van der Waals surface area contributed by atoms with Crippen LogP contribution in [0.3, 0.4) is 0 Å². The number of hydrogen-bond donors (Lipinski definition) is 1. The lowest BCUT2D eigenvalue weighted by Crippen LogP contribution is -2.58. The molecule has 3 atom stereocenters. The van der Waals surface area contributed by atoms with Gasteiger partial charge in [0.2, 0.25) is 0 Å². The lowest BCUT2D eigenvalue weighted by Gasteiger charge is -2.65. The molecule has 0 aromatic carbocycles. The van der Waals surface area contributed by atoms with Crippen LogP contribution in [0.25, 0.3) is 0 Å². The predicted octanol–water partition coefficient (Wildman–Crippen LogP) is 3.82. The SMILES string of the molecule is CC(N)C1C2CC3CC1CC(C(C)(C)C)(C3)C2. The number of nitrogens with two attached hydrogens (primary N) is 1. The molecule has 0 heterocycles.